The predicted molar refractivity (Wildman–Crippen MR) is 160 cm³/mol. The van der Waals surface area contributed by atoms with Gasteiger partial charge in [0.2, 0.25) is 5.91 Å². The van der Waals surface area contributed by atoms with E-state index in [1.807, 2.05) is 0 Å². The van der Waals surface area contributed by atoms with Gasteiger partial charge in [0.05, 0.1) is 29.3 Å². The summed E-state index contributed by atoms with van der Waals surface area (Å²) < 4.78 is 82.7. The Kier molecular flexibility index (Phi) is 9.21. The van der Waals surface area contributed by atoms with Gasteiger partial charge in [0, 0.05) is 29.2 Å². The third-order valence-corrected chi connectivity index (χ3v) is 7.58. The monoisotopic (exact) mass is 662 g/mol. The van der Waals surface area contributed by atoms with Crippen LogP contribution in [0.4, 0.5) is 42.5 Å². The van der Waals surface area contributed by atoms with Gasteiger partial charge in [0.25, 0.3) is 0 Å². The number of nitrogens with zero attached hydrogens (tertiary/aromatic N) is 5. The summed E-state index contributed by atoms with van der Waals surface area (Å²) in [6.07, 6.45) is -5.25. The summed E-state index contributed by atoms with van der Waals surface area (Å²) in [6.45, 7) is 1.63. The number of ether oxygens (including phenoxy) is 1. The minimum Gasteiger partial charge on any atom is -0.367 e. The van der Waals surface area contributed by atoms with Crippen molar-refractivity contribution in [2.45, 2.75) is 32.8 Å². The molecule has 240 valence electrons. The molecule has 2 aromatic heterocycles. The molecular weight excluding hydrogens is 638 g/mol. The van der Waals surface area contributed by atoms with Crippen LogP contribution in [-0.4, -0.2) is 50.2 Å². The number of amides is 3. The zero-order valence-electron chi connectivity index (χ0n) is 24.1. The quantitative estimate of drug-likeness (QED) is 0.208. The molecular formula is C30H24F6N6O3S. The number of nitrogens with one attached hydrogen (secondary N) is 1. The second-order valence-corrected chi connectivity index (χ2v) is 11.1. The molecule has 46 heavy (non-hydrogen) atoms. The van der Waals surface area contributed by atoms with Crippen LogP contribution in [0.5, 0.6) is 0 Å². The Balaban J connectivity index is 1.30. The molecule has 0 saturated carbocycles. The highest BCUT2D eigenvalue weighted by Gasteiger charge is 2.33. The van der Waals surface area contributed by atoms with E-state index >= 15 is 0 Å². The van der Waals surface area contributed by atoms with E-state index in [0.29, 0.717) is 28.1 Å². The number of rotatable bonds is 7. The normalized spacial score (nSPS) is 14.7. The van der Waals surface area contributed by atoms with Crippen LogP contribution in [0.15, 0.2) is 72.2 Å². The first-order chi connectivity index (χ1) is 21.7. The molecule has 0 unspecified atom stereocenters. The lowest BCUT2D eigenvalue weighted by molar-refractivity contribution is -0.176. The fraction of sp³-hybridized carbons (Fsp3) is 0.233. The first-order valence-corrected chi connectivity index (χ1v) is 14.4. The molecule has 3 heterocycles. The van der Waals surface area contributed by atoms with Crippen molar-refractivity contribution in [3.05, 3.63) is 89.5 Å². The molecule has 4 aromatic rings. The number of aryl methyl sites for hydroxylation is 2. The summed E-state index contributed by atoms with van der Waals surface area (Å²) >= 11 is 1.01. The number of hydrogen-bond donors (Lipinski definition) is 1. The van der Waals surface area contributed by atoms with E-state index in [1.165, 1.54) is 21.9 Å². The van der Waals surface area contributed by atoms with Gasteiger partial charge in [-0.05, 0) is 55.3 Å². The number of pyridine rings is 1. The number of carbonyl (C=O) groups is 2. The minimum atomic E-state index is -4.51. The third-order valence-electron chi connectivity index (χ3n) is 6.65. The smallest absolute Gasteiger partial charge is 0.367 e. The minimum absolute atomic E-state index is 0.0226. The van der Waals surface area contributed by atoms with Crippen molar-refractivity contribution >= 4 is 40.2 Å². The summed E-state index contributed by atoms with van der Waals surface area (Å²) in [6, 6.07) is 11.3. The van der Waals surface area contributed by atoms with Gasteiger partial charge in [-0.15, -0.1) is 0 Å². The van der Waals surface area contributed by atoms with Crippen LogP contribution in [0.2, 0.25) is 0 Å². The molecule has 1 saturated heterocycles. The van der Waals surface area contributed by atoms with Crippen LogP contribution in [0.1, 0.15) is 22.3 Å². The van der Waals surface area contributed by atoms with Crippen molar-refractivity contribution in [2.24, 2.45) is 4.99 Å². The molecule has 5 rings (SSSR count). The fourth-order valence-electron chi connectivity index (χ4n) is 4.46. The summed E-state index contributed by atoms with van der Waals surface area (Å²) in [7, 11) is 0. The molecule has 0 spiro atoms. The zero-order valence-corrected chi connectivity index (χ0v) is 24.9. The largest absolute Gasteiger partial charge is 0.417 e. The first kappa shape index (κ1) is 32.7. The molecule has 1 aliphatic rings. The highest BCUT2D eigenvalue weighted by molar-refractivity contribution is 8.15. The van der Waals surface area contributed by atoms with Crippen molar-refractivity contribution in [3.63, 3.8) is 0 Å². The Morgan fingerprint density at radius 2 is 1.83 bits per heavy atom. The lowest BCUT2D eigenvalue weighted by Gasteiger charge is -2.21. The number of alkyl halides is 6. The number of halogens is 6. The Morgan fingerprint density at radius 3 is 2.50 bits per heavy atom. The van der Waals surface area contributed by atoms with Crippen molar-refractivity contribution in [1.82, 2.24) is 14.5 Å². The van der Waals surface area contributed by atoms with Crippen molar-refractivity contribution in [1.29, 1.82) is 0 Å². The summed E-state index contributed by atoms with van der Waals surface area (Å²) in [5.41, 5.74) is 2.69. The van der Waals surface area contributed by atoms with Crippen LogP contribution in [-0.2, 0) is 22.3 Å². The van der Waals surface area contributed by atoms with Gasteiger partial charge in [-0.25, -0.2) is 14.8 Å². The van der Waals surface area contributed by atoms with Crippen LogP contribution < -0.4 is 10.2 Å². The third kappa shape index (κ3) is 7.74. The number of aromatic nitrogens is 3. The van der Waals surface area contributed by atoms with Gasteiger partial charge in [-0.3, -0.25) is 14.3 Å². The average Bonchev–Trinajstić information content (AvgIpc) is 3.61. The number of anilines is 2. The average molecular weight is 663 g/mol. The summed E-state index contributed by atoms with van der Waals surface area (Å²) in [5.74, 6) is -0.174. The number of amidine groups is 1. The van der Waals surface area contributed by atoms with Crippen LogP contribution in [0.3, 0.4) is 0 Å². The predicted octanol–water partition coefficient (Wildman–Crippen LogP) is 7.32. The maximum absolute atomic E-state index is 12.9. The van der Waals surface area contributed by atoms with Crippen LogP contribution in [0, 0.1) is 13.8 Å². The van der Waals surface area contributed by atoms with E-state index in [9.17, 15) is 35.9 Å². The second-order valence-electron chi connectivity index (χ2n) is 10.2. The van der Waals surface area contributed by atoms with Gasteiger partial charge in [-0.1, -0.05) is 30.0 Å². The number of imidazole rings is 1. The Labute approximate surface area is 262 Å². The topological polar surface area (TPSA) is 102 Å². The Bertz CT molecular complexity index is 1800. The first-order valence-electron chi connectivity index (χ1n) is 13.5. The van der Waals surface area contributed by atoms with Gasteiger partial charge >= 0.3 is 18.4 Å². The molecule has 2 aromatic carbocycles. The summed E-state index contributed by atoms with van der Waals surface area (Å²) in [4.78, 5) is 39.2. The number of aliphatic imine (C=N–C) groups is 1. The van der Waals surface area contributed by atoms with Gasteiger partial charge in [0.1, 0.15) is 18.8 Å². The highest BCUT2D eigenvalue weighted by Crippen LogP contribution is 2.32. The molecule has 1 fully saturated rings. The molecule has 0 atom stereocenters. The fourth-order valence-corrected chi connectivity index (χ4v) is 5.32. The number of urea groups is 1. The SMILES string of the molecule is Cc1ccc(COCC(F)(F)F)c(N2C(=O)CSC2=NC(=O)Nc2ccc(-c3cn(-c4ccc(C(F)(F)F)cn4)cn3)cc2C)c1. The van der Waals surface area contributed by atoms with Crippen molar-refractivity contribution in [2.75, 3.05) is 22.6 Å². The van der Waals surface area contributed by atoms with Crippen molar-refractivity contribution < 1.29 is 40.7 Å². The molecule has 0 radical (unpaired) electrons. The molecule has 16 heteroatoms. The Hall–Kier alpha value is -4.70. The van der Waals surface area contributed by atoms with E-state index in [1.54, 1.807) is 56.4 Å². The van der Waals surface area contributed by atoms with E-state index in [0.717, 1.165) is 29.6 Å². The molecule has 9 nitrogen and oxygen atoms in total. The number of hydrogen-bond acceptors (Lipinski definition) is 6. The highest BCUT2D eigenvalue weighted by atomic mass is 32.2. The van der Waals surface area contributed by atoms with Crippen LogP contribution >= 0.6 is 11.8 Å². The zero-order chi connectivity index (χ0) is 33.2. The van der Waals surface area contributed by atoms with Gasteiger partial charge in [-0.2, -0.15) is 31.3 Å². The maximum atomic E-state index is 12.9. The lowest BCUT2D eigenvalue weighted by atomic mass is 10.1. The van der Waals surface area contributed by atoms with E-state index < -0.39 is 43.1 Å². The van der Waals surface area contributed by atoms with Crippen LogP contribution in [0.25, 0.3) is 17.1 Å². The van der Waals surface area contributed by atoms with Gasteiger partial charge < -0.3 is 10.1 Å². The number of carbonyl (C=O) groups excluding carboxylic acids is 2. The lowest BCUT2D eigenvalue weighted by Crippen LogP contribution is -2.31. The molecule has 0 aliphatic carbocycles. The van der Waals surface area contributed by atoms with Gasteiger partial charge in [0.15, 0.2) is 5.17 Å². The maximum Gasteiger partial charge on any atom is 0.417 e. The number of thioether (sulfide) groups is 1. The molecule has 3 amide bonds. The van der Waals surface area contributed by atoms with E-state index in [-0.39, 0.29) is 22.4 Å². The Morgan fingerprint density at radius 1 is 1.04 bits per heavy atom. The second kappa shape index (κ2) is 13.0. The standard InChI is InChI=1S/C30H24F6N6O3S/c1-17-3-4-20(13-45-15-29(31,32)33)24(9-17)42-26(43)14-46-28(42)40-27(44)39-22-7-5-19(10-18(22)2)23-12-41(16-38-23)25-8-6-21(11-37-25)30(34,35)36/h3-12,16H,13-15H2,1-2H3,(H,39,44). The summed E-state index contributed by atoms with van der Waals surface area (Å²) in [5, 5.41) is 2.73. The number of benzene rings is 2. The molecule has 0 bridgehead atoms. The van der Waals surface area contributed by atoms with E-state index in [4.69, 9.17) is 4.74 Å². The van der Waals surface area contributed by atoms with Crippen molar-refractivity contribution in [3.8, 4) is 17.1 Å². The van der Waals surface area contributed by atoms with E-state index in [2.05, 4.69) is 20.3 Å². The molecule has 1 N–H and O–H groups in total. The molecule has 1 aliphatic heterocycles.